The fourth-order valence-corrected chi connectivity index (χ4v) is 9.89. The molecule has 0 saturated carbocycles. The highest BCUT2D eigenvalue weighted by Gasteiger charge is 2.78. The average Bonchev–Trinajstić information content (AvgIpc) is 3.55. The van der Waals surface area contributed by atoms with Crippen LogP contribution in [0.3, 0.4) is 0 Å². The first-order valence-corrected chi connectivity index (χ1v) is 15.5. The fraction of sp³-hybridized carbons (Fsp3) is 0.424. The van der Waals surface area contributed by atoms with Crippen LogP contribution in [0.15, 0.2) is 79.9 Å². The minimum absolute atomic E-state index is 0.115. The lowest BCUT2D eigenvalue weighted by Gasteiger charge is -2.40. The summed E-state index contributed by atoms with van der Waals surface area (Å²) in [5, 5.41) is 11.1. The normalized spacial score (nSPS) is 28.3. The summed E-state index contributed by atoms with van der Waals surface area (Å²) in [6, 6.07) is 15.2. The summed E-state index contributed by atoms with van der Waals surface area (Å²) < 4.78 is -1.33. The van der Waals surface area contributed by atoms with Crippen molar-refractivity contribution in [3.05, 3.63) is 90.5 Å². The number of hydrogen-bond donors (Lipinski definition) is 1. The molecule has 1 spiro atoms. The van der Waals surface area contributed by atoms with Crippen molar-refractivity contribution in [1.82, 2.24) is 9.80 Å². The molecule has 0 radical (unpaired) electrons. The van der Waals surface area contributed by atoms with Gasteiger partial charge in [-0.25, -0.2) is 0 Å². The van der Waals surface area contributed by atoms with E-state index in [1.54, 1.807) is 63.9 Å². The van der Waals surface area contributed by atoms with Crippen molar-refractivity contribution < 1.29 is 19.5 Å². The number of nitrogens with zero attached hydrogens (tertiary/aromatic N) is 3. The van der Waals surface area contributed by atoms with E-state index in [9.17, 15) is 19.5 Å². The number of likely N-dealkylation sites (tertiary alicyclic amines) is 1. The molecule has 3 amide bonds. The van der Waals surface area contributed by atoms with Crippen molar-refractivity contribution in [2.45, 2.75) is 47.8 Å². The number of amides is 3. The molecule has 5 rings (SSSR count). The van der Waals surface area contributed by atoms with Gasteiger partial charge in [0.1, 0.15) is 6.04 Å². The van der Waals surface area contributed by atoms with Gasteiger partial charge in [0.05, 0.1) is 39.9 Å². The molecule has 2 bridgehead atoms. The zero-order valence-corrected chi connectivity index (χ0v) is 25.7. The molecule has 2 aromatic rings. The van der Waals surface area contributed by atoms with Gasteiger partial charge in [-0.3, -0.25) is 14.4 Å². The largest absolute Gasteiger partial charge is 0.394 e. The number of thioether (sulfide) groups is 1. The van der Waals surface area contributed by atoms with Crippen molar-refractivity contribution >= 4 is 46.8 Å². The van der Waals surface area contributed by atoms with Crippen LogP contribution in [0, 0.1) is 11.8 Å². The molecule has 3 saturated heterocycles. The maximum atomic E-state index is 14.9. The van der Waals surface area contributed by atoms with E-state index in [0.29, 0.717) is 36.5 Å². The predicted molar refractivity (Wildman–Crippen MR) is 168 cm³/mol. The molecular formula is C33H38ClN3O4S. The highest BCUT2D eigenvalue weighted by molar-refractivity contribution is 8.02. The smallest absolute Gasteiger partial charge is 0.251 e. The first kappa shape index (κ1) is 30.4. The number of hydrogen-bond acceptors (Lipinski definition) is 5. The van der Waals surface area contributed by atoms with Crippen LogP contribution in [0.25, 0.3) is 0 Å². The van der Waals surface area contributed by atoms with Gasteiger partial charge in [0.2, 0.25) is 11.8 Å². The molecule has 3 fully saturated rings. The van der Waals surface area contributed by atoms with Gasteiger partial charge in [0.15, 0.2) is 0 Å². The molecular weight excluding hydrogens is 570 g/mol. The fourth-order valence-electron chi connectivity index (χ4n) is 7.32. The second-order valence-electron chi connectivity index (χ2n) is 11.7. The Balaban J connectivity index is 1.64. The van der Waals surface area contributed by atoms with Gasteiger partial charge in [-0.2, -0.15) is 0 Å². The van der Waals surface area contributed by atoms with E-state index >= 15 is 0 Å². The predicted octanol–water partition coefficient (Wildman–Crippen LogP) is 4.59. The van der Waals surface area contributed by atoms with Gasteiger partial charge in [-0.05, 0) is 43.9 Å². The zero-order chi connectivity index (χ0) is 30.2. The summed E-state index contributed by atoms with van der Waals surface area (Å²) in [5.41, 5.74) is 1.48. The van der Waals surface area contributed by atoms with E-state index < -0.39 is 33.4 Å². The molecule has 1 N–H and O–H groups in total. The number of para-hydroxylation sites is 1. The van der Waals surface area contributed by atoms with Crippen molar-refractivity contribution in [1.29, 1.82) is 0 Å². The van der Waals surface area contributed by atoms with Crippen molar-refractivity contribution in [3.63, 3.8) is 0 Å². The Morgan fingerprint density at radius 1 is 1.10 bits per heavy atom. The second-order valence-corrected chi connectivity index (χ2v) is 14.0. The highest BCUT2D eigenvalue weighted by Crippen LogP contribution is 2.72. The third kappa shape index (κ3) is 4.87. The standard InChI is InChI=1S/C33H38ClN3O4S/c1-5-18-35(4)29(39)26-27-30(40)37(23(21-38)20-22-12-8-7-9-13-22)28(33(27)17-16-32(26,3)42-33)31(41)36(19-6-2)25-15-11-10-14-24(25)34/h5-15,23,26-28,38H,1-2,16-21H2,3-4H3/t23-,26-,27+,28?,32+,33?/m1/s1. The van der Waals surface area contributed by atoms with Gasteiger partial charge < -0.3 is 19.8 Å². The quantitative estimate of drug-likeness (QED) is 0.378. The Bertz CT molecular complexity index is 1390. The van der Waals surface area contributed by atoms with Crippen molar-refractivity contribution in [3.8, 4) is 0 Å². The summed E-state index contributed by atoms with van der Waals surface area (Å²) in [4.78, 5) is 48.3. The van der Waals surface area contributed by atoms with Crippen LogP contribution in [0.2, 0.25) is 5.02 Å². The van der Waals surface area contributed by atoms with E-state index in [1.165, 1.54) is 0 Å². The molecule has 7 nitrogen and oxygen atoms in total. The van der Waals surface area contributed by atoms with E-state index in [0.717, 1.165) is 5.56 Å². The summed E-state index contributed by atoms with van der Waals surface area (Å²) in [5.74, 6) is -1.94. The number of anilines is 1. The number of fused-ring (bicyclic) bond motifs is 1. The summed E-state index contributed by atoms with van der Waals surface area (Å²) in [7, 11) is 1.73. The van der Waals surface area contributed by atoms with Crippen LogP contribution in [0.1, 0.15) is 25.3 Å². The minimum atomic E-state index is -0.901. The lowest BCUT2D eigenvalue weighted by atomic mass is 9.66. The monoisotopic (exact) mass is 607 g/mol. The molecule has 0 aliphatic carbocycles. The number of aliphatic hydroxyl groups is 1. The first-order valence-electron chi connectivity index (χ1n) is 14.3. The van der Waals surface area contributed by atoms with Crippen LogP contribution >= 0.6 is 23.4 Å². The average molecular weight is 608 g/mol. The molecule has 3 aliphatic rings. The molecule has 3 aliphatic heterocycles. The highest BCUT2D eigenvalue weighted by atomic mass is 35.5. The zero-order valence-electron chi connectivity index (χ0n) is 24.1. The maximum absolute atomic E-state index is 14.9. The van der Waals surface area contributed by atoms with Crippen LogP contribution in [0.4, 0.5) is 5.69 Å². The molecule has 2 aromatic carbocycles. The molecule has 42 heavy (non-hydrogen) atoms. The van der Waals surface area contributed by atoms with Gasteiger partial charge in [-0.15, -0.1) is 24.9 Å². The summed E-state index contributed by atoms with van der Waals surface area (Å²) in [6.07, 6.45) is 5.00. The number of rotatable bonds is 11. The first-order chi connectivity index (χ1) is 20.1. The molecule has 2 unspecified atom stereocenters. The molecule has 222 valence electrons. The van der Waals surface area contributed by atoms with E-state index in [-0.39, 0.29) is 30.9 Å². The number of carbonyl (C=O) groups excluding carboxylic acids is 3. The Labute approximate surface area is 257 Å². The molecule has 6 atom stereocenters. The van der Waals surface area contributed by atoms with Crippen molar-refractivity contribution in [2.24, 2.45) is 11.8 Å². The topological polar surface area (TPSA) is 81.2 Å². The van der Waals surface area contributed by atoms with E-state index in [4.69, 9.17) is 11.6 Å². The summed E-state index contributed by atoms with van der Waals surface area (Å²) >= 11 is 8.21. The number of aliphatic hydroxyl groups excluding tert-OH is 1. The number of carbonyl (C=O) groups is 3. The number of benzene rings is 2. The van der Waals surface area contributed by atoms with Crippen LogP contribution in [0.5, 0.6) is 0 Å². The minimum Gasteiger partial charge on any atom is -0.394 e. The summed E-state index contributed by atoms with van der Waals surface area (Å²) in [6.45, 7) is 9.94. The van der Waals surface area contributed by atoms with Crippen LogP contribution < -0.4 is 4.90 Å². The van der Waals surface area contributed by atoms with Crippen molar-refractivity contribution in [2.75, 3.05) is 31.6 Å². The molecule has 9 heteroatoms. The lowest BCUT2D eigenvalue weighted by Crippen LogP contribution is -2.58. The maximum Gasteiger partial charge on any atom is 0.251 e. The SMILES string of the molecule is C=CCN(C)C(=O)[C@H]1[C@H]2C(=O)N([C@@H](CO)Cc3ccccc3)C(C(=O)N(CC=C)c3ccccc3Cl)C23CC[C@]1(C)S3. The second kappa shape index (κ2) is 11.9. The van der Waals surface area contributed by atoms with Crippen LogP contribution in [-0.2, 0) is 20.8 Å². The van der Waals surface area contributed by atoms with Gasteiger partial charge in [-0.1, -0.05) is 66.2 Å². The Kier molecular flexibility index (Phi) is 8.61. The van der Waals surface area contributed by atoms with Gasteiger partial charge in [0, 0.05) is 24.9 Å². The molecule has 3 heterocycles. The Morgan fingerprint density at radius 3 is 2.40 bits per heavy atom. The number of halogens is 1. The molecule has 0 aromatic heterocycles. The Morgan fingerprint density at radius 2 is 1.76 bits per heavy atom. The third-order valence-electron chi connectivity index (χ3n) is 9.13. The van der Waals surface area contributed by atoms with E-state index in [2.05, 4.69) is 20.1 Å². The third-order valence-corrected chi connectivity index (χ3v) is 11.4. The van der Waals surface area contributed by atoms with Gasteiger partial charge in [0.25, 0.3) is 5.91 Å². The Hall–Kier alpha value is -3.07. The van der Waals surface area contributed by atoms with Crippen LogP contribution in [-0.4, -0.2) is 80.9 Å². The van der Waals surface area contributed by atoms with Gasteiger partial charge >= 0.3 is 0 Å². The number of likely N-dealkylation sites (N-methyl/N-ethyl adjacent to an activating group) is 1. The lowest BCUT2D eigenvalue weighted by molar-refractivity contribution is -0.145. The van der Waals surface area contributed by atoms with E-state index in [1.807, 2.05) is 36.4 Å².